The fourth-order valence-corrected chi connectivity index (χ4v) is 7.95. The molecule has 0 unspecified atom stereocenters. The topological polar surface area (TPSA) is 55.7 Å². The Kier molecular flexibility index (Phi) is 9.14. The van der Waals surface area contributed by atoms with Crippen LogP contribution in [0.3, 0.4) is 0 Å². The van der Waals surface area contributed by atoms with Gasteiger partial charge in [-0.15, -0.1) is 11.3 Å². The summed E-state index contributed by atoms with van der Waals surface area (Å²) in [5.41, 5.74) is 5.37. The van der Waals surface area contributed by atoms with Crippen LogP contribution in [0.5, 0.6) is 11.5 Å². The van der Waals surface area contributed by atoms with E-state index >= 15 is 0 Å². The van der Waals surface area contributed by atoms with E-state index in [0.29, 0.717) is 13.1 Å². The van der Waals surface area contributed by atoms with Crippen LogP contribution in [0.25, 0.3) is 21.9 Å². The molecule has 0 N–H and O–H groups in total. The zero-order valence-corrected chi connectivity index (χ0v) is 28.2. The minimum absolute atomic E-state index is 0.669. The molecule has 1 saturated heterocycles. The predicted molar refractivity (Wildman–Crippen MR) is 191 cm³/mol. The van der Waals surface area contributed by atoms with Crippen LogP contribution in [0.1, 0.15) is 33.7 Å². The number of rotatable bonds is 12. The Morgan fingerprint density at radius 2 is 1.37 bits per heavy atom. The number of hydrogen-bond acceptors (Lipinski definition) is 8. The molecule has 0 amide bonds. The van der Waals surface area contributed by atoms with Crippen molar-refractivity contribution >= 4 is 50.9 Å². The fourth-order valence-electron chi connectivity index (χ4n) is 6.34. The van der Waals surface area contributed by atoms with Crippen LogP contribution in [-0.2, 0) is 26.2 Å². The number of thioether (sulfide) groups is 1. The second kappa shape index (κ2) is 13.7. The third-order valence-electron chi connectivity index (χ3n) is 8.69. The summed E-state index contributed by atoms with van der Waals surface area (Å²) in [5, 5.41) is 2.12. The maximum Gasteiger partial charge on any atom is 0.169 e. The van der Waals surface area contributed by atoms with Gasteiger partial charge in [-0.05, 0) is 85.8 Å². The Morgan fingerprint density at radius 1 is 0.761 bits per heavy atom. The molecule has 7 rings (SSSR count). The number of pyridine rings is 1. The lowest BCUT2D eigenvalue weighted by atomic mass is 10.1. The van der Waals surface area contributed by atoms with Crippen molar-refractivity contribution in [1.29, 1.82) is 0 Å². The van der Waals surface area contributed by atoms with Gasteiger partial charge in [0, 0.05) is 34.8 Å². The first kappa shape index (κ1) is 30.6. The lowest BCUT2D eigenvalue weighted by Gasteiger charge is -2.25. The van der Waals surface area contributed by atoms with Crippen molar-refractivity contribution in [3.05, 3.63) is 106 Å². The molecule has 0 spiro atoms. The van der Waals surface area contributed by atoms with Gasteiger partial charge in [0.1, 0.15) is 17.0 Å². The summed E-state index contributed by atoms with van der Waals surface area (Å²) < 4.78 is 13.3. The number of methoxy groups -OCH3 is 2. The molecule has 46 heavy (non-hydrogen) atoms. The second-order valence-electron chi connectivity index (χ2n) is 11.7. The molecule has 0 saturated carbocycles. The average Bonchev–Trinajstić information content (AvgIpc) is 3.86. The van der Waals surface area contributed by atoms with Crippen LogP contribution < -0.4 is 14.4 Å². The third-order valence-corrected chi connectivity index (χ3v) is 10.4. The highest BCUT2D eigenvalue weighted by Crippen LogP contribution is 2.37. The highest BCUT2D eigenvalue weighted by atomic mass is 32.2. The highest BCUT2D eigenvalue weighted by Gasteiger charge is 2.23. The summed E-state index contributed by atoms with van der Waals surface area (Å²) in [5.74, 6) is 2.57. The van der Waals surface area contributed by atoms with E-state index in [0.717, 1.165) is 57.5 Å². The van der Waals surface area contributed by atoms with Crippen LogP contribution in [-0.4, -0.2) is 53.0 Å². The highest BCUT2D eigenvalue weighted by molar-refractivity contribution is 7.98. The van der Waals surface area contributed by atoms with Crippen molar-refractivity contribution in [2.24, 2.45) is 0 Å². The second-order valence-corrected chi connectivity index (χ2v) is 13.8. The van der Waals surface area contributed by atoms with Crippen LogP contribution in [0.15, 0.2) is 90.1 Å². The quantitative estimate of drug-likeness (QED) is 0.124. The molecule has 0 atom stereocenters. The van der Waals surface area contributed by atoms with Gasteiger partial charge in [-0.1, -0.05) is 54.2 Å². The molecule has 1 aliphatic heterocycles. The third kappa shape index (κ3) is 6.45. The summed E-state index contributed by atoms with van der Waals surface area (Å²) in [6.45, 7) is 5.59. The Balaban J connectivity index is 1.32. The number of hydrogen-bond donors (Lipinski definition) is 0. The summed E-state index contributed by atoms with van der Waals surface area (Å²) in [4.78, 5) is 18.3. The Bertz CT molecular complexity index is 1880. The van der Waals surface area contributed by atoms with Gasteiger partial charge in [-0.25, -0.2) is 9.97 Å². The number of nitrogens with zero attached hydrogens (tertiary/aromatic N) is 5. The maximum atomic E-state index is 5.44. The molecule has 1 fully saturated rings. The number of benzene rings is 3. The molecular formula is C37H39N5O2S2. The molecule has 9 heteroatoms. The minimum Gasteiger partial charge on any atom is -0.497 e. The van der Waals surface area contributed by atoms with Crippen LogP contribution in [0, 0.1) is 0 Å². The number of para-hydroxylation sites is 1. The van der Waals surface area contributed by atoms with E-state index in [4.69, 9.17) is 19.4 Å². The standard InChI is InChI=1S/C37H39N5O2S2/c1-43-28-14-10-26(11-15-28)22-41(23-27-12-16-29(44-2)17-13-27)36-34-35(32-8-4-5-9-33(32)38-36)42(37(39-34)45-3)25-31-19-18-30(46-31)24-40-20-6-7-21-40/h4-5,8-19H,6-7,20-25H2,1-3H3. The van der Waals surface area contributed by atoms with Gasteiger partial charge in [-0.3, -0.25) is 4.90 Å². The Morgan fingerprint density at radius 3 is 1.98 bits per heavy atom. The molecule has 0 aliphatic carbocycles. The lowest BCUT2D eigenvalue weighted by molar-refractivity contribution is 0.334. The van der Waals surface area contributed by atoms with Crippen molar-refractivity contribution in [3.63, 3.8) is 0 Å². The molecule has 3 aromatic carbocycles. The Hall–Kier alpha value is -4.05. The summed E-state index contributed by atoms with van der Waals surface area (Å²) >= 11 is 3.62. The SMILES string of the molecule is COc1ccc(CN(Cc2ccc(OC)cc2)c2nc3ccccc3c3c2nc(SC)n3Cc2ccc(CN3CCCC3)s2)cc1. The van der Waals surface area contributed by atoms with Gasteiger partial charge < -0.3 is 18.9 Å². The van der Waals surface area contributed by atoms with Gasteiger partial charge in [-0.2, -0.15) is 0 Å². The van der Waals surface area contributed by atoms with E-state index in [1.165, 1.54) is 46.8 Å². The molecule has 3 aromatic heterocycles. The van der Waals surface area contributed by atoms with Crippen LogP contribution >= 0.6 is 23.1 Å². The van der Waals surface area contributed by atoms with Crippen molar-refractivity contribution < 1.29 is 9.47 Å². The van der Waals surface area contributed by atoms with E-state index in [1.54, 1.807) is 26.0 Å². The number of thiophene rings is 1. The minimum atomic E-state index is 0.669. The molecule has 1 aliphatic rings. The zero-order chi connectivity index (χ0) is 31.5. The van der Waals surface area contributed by atoms with Gasteiger partial charge in [0.05, 0.1) is 31.8 Å². The van der Waals surface area contributed by atoms with Gasteiger partial charge in [0.2, 0.25) is 0 Å². The van der Waals surface area contributed by atoms with Crippen molar-refractivity contribution in [3.8, 4) is 11.5 Å². The van der Waals surface area contributed by atoms with Crippen LogP contribution in [0.4, 0.5) is 5.82 Å². The number of likely N-dealkylation sites (tertiary alicyclic amines) is 1. The predicted octanol–water partition coefficient (Wildman–Crippen LogP) is 8.24. The Labute approximate surface area is 278 Å². The number of fused-ring (bicyclic) bond motifs is 3. The molecule has 7 nitrogen and oxygen atoms in total. The molecule has 0 bridgehead atoms. The van der Waals surface area contributed by atoms with E-state index < -0.39 is 0 Å². The monoisotopic (exact) mass is 649 g/mol. The number of imidazole rings is 1. The number of ether oxygens (including phenoxy) is 2. The van der Waals surface area contributed by atoms with E-state index in [9.17, 15) is 0 Å². The van der Waals surface area contributed by atoms with Crippen molar-refractivity contribution in [2.75, 3.05) is 38.5 Å². The van der Waals surface area contributed by atoms with E-state index in [-0.39, 0.29) is 0 Å². The molecule has 236 valence electrons. The van der Waals surface area contributed by atoms with Gasteiger partial charge in [0.15, 0.2) is 11.0 Å². The number of anilines is 1. The van der Waals surface area contributed by atoms with Crippen molar-refractivity contribution in [2.45, 2.75) is 44.2 Å². The first-order valence-electron chi connectivity index (χ1n) is 15.8. The van der Waals surface area contributed by atoms with Crippen LogP contribution in [0.2, 0.25) is 0 Å². The maximum absolute atomic E-state index is 5.44. The molecule has 0 radical (unpaired) electrons. The van der Waals surface area contributed by atoms with Crippen molar-refractivity contribution in [1.82, 2.24) is 19.4 Å². The lowest BCUT2D eigenvalue weighted by Crippen LogP contribution is -2.23. The smallest absolute Gasteiger partial charge is 0.169 e. The normalized spacial score (nSPS) is 13.5. The van der Waals surface area contributed by atoms with E-state index in [2.05, 4.69) is 81.3 Å². The average molecular weight is 650 g/mol. The zero-order valence-electron chi connectivity index (χ0n) is 26.6. The molecule has 6 aromatic rings. The summed E-state index contributed by atoms with van der Waals surface area (Å²) in [7, 11) is 3.40. The fraction of sp³-hybridized carbons (Fsp3) is 0.297. The summed E-state index contributed by atoms with van der Waals surface area (Å²) in [6.07, 6.45) is 4.74. The largest absolute Gasteiger partial charge is 0.497 e. The first-order chi connectivity index (χ1) is 22.6. The number of aromatic nitrogens is 3. The van der Waals surface area contributed by atoms with Gasteiger partial charge in [0.25, 0.3) is 0 Å². The van der Waals surface area contributed by atoms with Gasteiger partial charge >= 0.3 is 0 Å². The molecule has 4 heterocycles. The van der Waals surface area contributed by atoms with E-state index in [1.807, 2.05) is 35.6 Å². The summed E-state index contributed by atoms with van der Waals surface area (Å²) in [6, 6.07) is 29.7. The molecular weight excluding hydrogens is 611 g/mol. The first-order valence-corrected chi connectivity index (χ1v) is 17.8.